The highest BCUT2D eigenvalue weighted by atomic mass is 16.6. The summed E-state index contributed by atoms with van der Waals surface area (Å²) in [5.41, 5.74) is 4.30. The Morgan fingerprint density at radius 1 is 0.964 bits per heavy atom. The number of nitrogens with zero attached hydrogens (tertiary/aromatic N) is 3. The van der Waals surface area contributed by atoms with Gasteiger partial charge in [0.1, 0.15) is 5.82 Å². The van der Waals surface area contributed by atoms with Crippen LogP contribution in [0.2, 0.25) is 0 Å². The zero-order chi connectivity index (χ0) is 19.3. The third kappa shape index (κ3) is 3.71. The van der Waals surface area contributed by atoms with Gasteiger partial charge in [-0.3, -0.25) is 15.1 Å². The van der Waals surface area contributed by atoms with E-state index in [0.717, 1.165) is 28.1 Å². The van der Waals surface area contributed by atoms with Crippen molar-refractivity contribution in [3.63, 3.8) is 0 Å². The minimum atomic E-state index is -0.395. The van der Waals surface area contributed by atoms with Crippen molar-refractivity contribution in [1.82, 2.24) is 9.97 Å². The van der Waals surface area contributed by atoms with E-state index < -0.39 is 4.92 Å². The molecule has 0 aliphatic carbocycles. The first kappa shape index (κ1) is 17.4. The third-order valence-electron chi connectivity index (χ3n) is 4.25. The summed E-state index contributed by atoms with van der Waals surface area (Å²) in [5.74, 6) is 0.813. The number of allylic oxidation sites excluding steroid dienone is 1. The number of hydrogen-bond donors (Lipinski definition) is 1. The lowest BCUT2D eigenvalue weighted by Crippen LogP contribution is -1.90. The van der Waals surface area contributed by atoms with E-state index in [9.17, 15) is 10.1 Å². The number of fused-ring (bicyclic) bond motifs is 1. The molecule has 0 atom stereocenters. The van der Waals surface area contributed by atoms with Gasteiger partial charge in [0, 0.05) is 17.8 Å². The Morgan fingerprint density at radius 3 is 2.50 bits per heavy atom. The summed E-state index contributed by atoms with van der Waals surface area (Å²) in [4.78, 5) is 22.9. The van der Waals surface area contributed by atoms with Gasteiger partial charge in [-0.2, -0.15) is 0 Å². The van der Waals surface area contributed by atoms with Crippen LogP contribution in [-0.4, -0.2) is 21.1 Å². The van der Waals surface area contributed by atoms with Gasteiger partial charge in [0.15, 0.2) is 0 Å². The van der Waals surface area contributed by atoms with E-state index >= 15 is 0 Å². The van der Waals surface area contributed by atoms with Crippen molar-refractivity contribution in [2.75, 3.05) is 0 Å². The molecule has 0 saturated heterocycles. The Balaban J connectivity index is 1.48. The SMILES string of the molecule is O=[N+]([O-])c1ccccc1/C=C/C=Nc1ccc(-c2nc3ccccc3[nH]2)cc1. The lowest BCUT2D eigenvalue weighted by Gasteiger charge is -1.97. The fourth-order valence-corrected chi connectivity index (χ4v) is 2.87. The molecule has 4 rings (SSSR count). The predicted octanol–water partition coefficient (Wildman–Crippen LogP) is 5.55. The minimum Gasteiger partial charge on any atom is -0.338 e. The maximum atomic E-state index is 11.0. The van der Waals surface area contributed by atoms with Crippen molar-refractivity contribution in [1.29, 1.82) is 0 Å². The average Bonchev–Trinajstić information content (AvgIpc) is 3.16. The number of aliphatic imine (C=N–C) groups is 1. The molecule has 0 aliphatic heterocycles. The smallest absolute Gasteiger partial charge is 0.276 e. The first-order chi connectivity index (χ1) is 13.7. The molecule has 0 radical (unpaired) electrons. The van der Waals surface area contributed by atoms with Crippen molar-refractivity contribution in [3.05, 3.63) is 94.6 Å². The molecule has 0 spiro atoms. The number of benzene rings is 3. The zero-order valence-corrected chi connectivity index (χ0v) is 14.8. The number of imidazole rings is 1. The van der Waals surface area contributed by atoms with Crippen LogP contribution in [0.4, 0.5) is 11.4 Å². The number of aromatic nitrogens is 2. The Kier molecular flexibility index (Phi) is 4.76. The minimum absolute atomic E-state index is 0.0716. The zero-order valence-electron chi connectivity index (χ0n) is 14.8. The van der Waals surface area contributed by atoms with Crippen LogP contribution in [-0.2, 0) is 0 Å². The molecule has 0 fully saturated rings. The molecular weight excluding hydrogens is 352 g/mol. The molecule has 1 heterocycles. The highest BCUT2D eigenvalue weighted by molar-refractivity contribution is 5.82. The Morgan fingerprint density at radius 2 is 1.71 bits per heavy atom. The number of nitro benzene ring substituents is 1. The molecule has 136 valence electrons. The van der Waals surface area contributed by atoms with E-state index in [2.05, 4.69) is 15.0 Å². The van der Waals surface area contributed by atoms with Gasteiger partial charge in [-0.15, -0.1) is 0 Å². The topological polar surface area (TPSA) is 84.2 Å². The van der Waals surface area contributed by atoms with Crippen LogP contribution < -0.4 is 0 Å². The fraction of sp³-hybridized carbons (Fsp3) is 0. The van der Waals surface area contributed by atoms with Gasteiger partial charge in [0.25, 0.3) is 5.69 Å². The van der Waals surface area contributed by atoms with Crippen molar-refractivity contribution >= 4 is 34.7 Å². The number of aromatic amines is 1. The van der Waals surface area contributed by atoms with Gasteiger partial charge < -0.3 is 4.98 Å². The molecule has 6 nitrogen and oxygen atoms in total. The number of hydrogen-bond acceptors (Lipinski definition) is 4. The fourth-order valence-electron chi connectivity index (χ4n) is 2.87. The second-order valence-electron chi connectivity index (χ2n) is 6.10. The van der Waals surface area contributed by atoms with E-state index in [4.69, 9.17) is 0 Å². The first-order valence-electron chi connectivity index (χ1n) is 8.70. The summed E-state index contributed by atoms with van der Waals surface area (Å²) in [6.07, 6.45) is 4.98. The quantitative estimate of drug-likeness (QED) is 0.284. The highest BCUT2D eigenvalue weighted by Gasteiger charge is 2.08. The van der Waals surface area contributed by atoms with Gasteiger partial charge in [-0.25, -0.2) is 4.98 Å². The third-order valence-corrected chi connectivity index (χ3v) is 4.25. The van der Waals surface area contributed by atoms with E-state index in [1.54, 1.807) is 36.6 Å². The Labute approximate surface area is 161 Å². The summed E-state index contributed by atoms with van der Waals surface area (Å²) in [5, 5.41) is 11.0. The lowest BCUT2D eigenvalue weighted by molar-refractivity contribution is -0.385. The standard InChI is InChI=1S/C22H16N4O2/c27-26(28)21-10-4-1-6-16(21)7-5-15-23-18-13-11-17(12-14-18)22-24-19-8-2-3-9-20(19)25-22/h1-15H,(H,24,25)/b7-5+,23-15?. The molecule has 1 aromatic heterocycles. The molecule has 0 unspecified atom stereocenters. The van der Waals surface area contributed by atoms with E-state index in [-0.39, 0.29) is 5.69 Å². The predicted molar refractivity (Wildman–Crippen MR) is 112 cm³/mol. The van der Waals surface area contributed by atoms with E-state index in [0.29, 0.717) is 5.56 Å². The summed E-state index contributed by atoms with van der Waals surface area (Å²) >= 11 is 0. The lowest BCUT2D eigenvalue weighted by atomic mass is 10.1. The summed E-state index contributed by atoms with van der Waals surface area (Å²) in [6.45, 7) is 0. The second kappa shape index (κ2) is 7.67. The van der Waals surface area contributed by atoms with Gasteiger partial charge in [0.05, 0.1) is 27.2 Å². The van der Waals surface area contributed by atoms with Crippen LogP contribution in [0, 0.1) is 10.1 Å². The number of H-pyrrole nitrogens is 1. The molecule has 1 N–H and O–H groups in total. The molecular formula is C22H16N4O2. The number of nitro groups is 1. The molecule has 0 amide bonds. The average molecular weight is 368 g/mol. The largest absolute Gasteiger partial charge is 0.338 e. The molecule has 0 aliphatic rings. The van der Waals surface area contributed by atoms with Crippen molar-refractivity contribution < 1.29 is 4.92 Å². The van der Waals surface area contributed by atoms with Gasteiger partial charge >= 0.3 is 0 Å². The number of rotatable bonds is 5. The molecule has 28 heavy (non-hydrogen) atoms. The molecule has 0 bridgehead atoms. The van der Waals surface area contributed by atoms with Crippen molar-refractivity contribution in [3.8, 4) is 11.4 Å². The number of para-hydroxylation sites is 3. The van der Waals surface area contributed by atoms with Crippen LogP contribution in [0.3, 0.4) is 0 Å². The number of nitrogens with one attached hydrogen (secondary N) is 1. The monoisotopic (exact) mass is 368 g/mol. The van der Waals surface area contributed by atoms with Gasteiger partial charge in [-0.1, -0.05) is 24.3 Å². The van der Waals surface area contributed by atoms with Crippen LogP contribution in [0.15, 0.2) is 83.9 Å². The Hall–Kier alpha value is -4.06. The van der Waals surface area contributed by atoms with Crippen molar-refractivity contribution in [2.45, 2.75) is 0 Å². The van der Waals surface area contributed by atoms with Crippen LogP contribution in [0.1, 0.15) is 5.56 Å². The molecule has 0 saturated carbocycles. The van der Waals surface area contributed by atoms with Gasteiger partial charge in [0.2, 0.25) is 0 Å². The normalized spacial score (nSPS) is 11.6. The van der Waals surface area contributed by atoms with E-state index in [1.165, 1.54) is 6.07 Å². The summed E-state index contributed by atoms with van der Waals surface area (Å²) < 4.78 is 0. The van der Waals surface area contributed by atoms with Crippen LogP contribution in [0.25, 0.3) is 28.5 Å². The van der Waals surface area contributed by atoms with Crippen LogP contribution >= 0.6 is 0 Å². The summed E-state index contributed by atoms with van der Waals surface area (Å²) in [7, 11) is 0. The second-order valence-corrected chi connectivity index (χ2v) is 6.10. The maximum absolute atomic E-state index is 11.0. The maximum Gasteiger partial charge on any atom is 0.276 e. The van der Waals surface area contributed by atoms with Crippen LogP contribution in [0.5, 0.6) is 0 Å². The first-order valence-corrected chi connectivity index (χ1v) is 8.70. The molecule has 4 aromatic rings. The van der Waals surface area contributed by atoms with Crippen molar-refractivity contribution in [2.24, 2.45) is 4.99 Å². The Bertz CT molecular complexity index is 1160. The van der Waals surface area contributed by atoms with E-state index in [1.807, 2.05) is 48.5 Å². The molecule has 6 heteroatoms. The highest BCUT2D eigenvalue weighted by Crippen LogP contribution is 2.23. The summed E-state index contributed by atoms with van der Waals surface area (Å²) in [6, 6.07) is 22.2. The molecule has 3 aromatic carbocycles. The van der Waals surface area contributed by atoms with Gasteiger partial charge in [-0.05, 0) is 54.6 Å².